The molecule has 1 saturated heterocycles. The predicted octanol–water partition coefficient (Wildman–Crippen LogP) is 3.66. The number of morpholine rings is 1. The molecule has 9 heteroatoms. The summed E-state index contributed by atoms with van der Waals surface area (Å²) >= 11 is 12.0. The Hall–Kier alpha value is -2.27. The molecule has 1 aliphatic heterocycles. The number of hydrogen-bond acceptors (Lipinski definition) is 7. The molecular formula is C17H17Cl2N5O2. The molecule has 1 aliphatic rings. The largest absolute Gasteiger partial charge is 0.490 e. The first-order valence-corrected chi connectivity index (χ1v) is 8.84. The van der Waals surface area contributed by atoms with Gasteiger partial charge in [0.05, 0.1) is 37.6 Å². The Morgan fingerprint density at radius 2 is 2.12 bits per heavy atom. The normalized spacial score (nSPS) is 14.0. The lowest BCUT2D eigenvalue weighted by atomic mass is 10.2. The van der Waals surface area contributed by atoms with Crippen molar-refractivity contribution in [3.63, 3.8) is 0 Å². The molecule has 0 atom stereocenters. The maximum Gasteiger partial charge on any atom is 0.224 e. The fraction of sp³-hybridized carbons (Fsp3) is 0.353. The number of hydrogen-bond donors (Lipinski definition) is 1. The molecule has 0 unspecified atom stereocenters. The highest BCUT2D eigenvalue weighted by atomic mass is 35.5. The maximum atomic E-state index is 8.76. The van der Waals surface area contributed by atoms with E-state index in [0.29, 0.717) is 41.9 Å². The van der Waals surface area contributed by atoms with Crippen molar-refractivity contribution in [1.82, 2.24) is 9.97 Å². The van der Waals surface area contributed by atoms with Crippen molar-refractivity contribution < 1.29 is 9.47 Å². The van der Waals surface area contributed by atoms with Crippen molar-refractivity contribution in [2.75, 3.05) is 43.1 Å². The second kappa shape index (κ2) is 8.90. The summed E-state index contributed by atoms with van der Waals surface area (Å²) in [5.74, 6) is 0.992. The van der Waals surface area contributed by atoms with E-state index >= 15 is 0 Å². The molecule has 1 fully saturated rings. The smallest absolute Gasteiger partial charge is 0.224 e. The monoisotopic (exact) mass is 393 g/mol. The number of aromatic nitrogens is 2. The molecule has 2 heterocycles. The predicted molar refractivity (Wildman–Crippen MR) is 101 cm³/mol. The standard InChI is InChI=1S/C17H17Cl2N5O2/c18-13-11-21-17(19)23-16(13)22-14-3-2-12(24-5-8-25-9-6-24)10-15(14)26-7-1-4-20/h2-3,10-11H,1,5-9H2,(H,21,22,23). The molecule has 3 rings (SSSR count). The lowest BCUT2D eigenvalue weighted by molar-refractivity contribution is 0.122. The van der Waals surface area contributed by atoms with Crippen molar-refractivity contribution in [2.24, 2.45) is 0 Å². The molecule has 0 spiro atoms. The SMILES string of the molecule is N#CCCOc1cc(N2CCOCC2)ccc1Nc1nc(Cl)ncc1Cl. The highest BCUT2D eigenvalue weighted by Crippen LogP contribution is 2.34. The minimum Gasteiger partial charge on any atom is -0.490 e. The summed E-state index contributed by atoms with van der Waals surface area (Å²) in [5, 5.41) is 12.3. The lowest BCUT2D eigenvalue weighted by Crippen LogP contribution is -2.36. The minimum absolute atomic E-state index is 0.0915. The van der Waals surface area contributed by atoms with Crippen LogP contribution in [0.25, 0.3) is 0 Å². The van der Waals surface area contributed by atoms with Gasteiger partial charge in [0.25, 0.3) is 0 Å². The Bertz CT molecular complexity index is 806. The fourth-order valence-electron chi connectivity index (χ4n) is 2.52. The van der Waals surface area contributed by atoms with Gasteiger partial charge in [0.2, 0.25) is 5.28 Å². The van der Waals surface area contributed by atoms with Crippen LogP contribution in [-0.4, -0.2) is 42.9 Å². The summed E-state index contributed by atoms with van der Waals surface area (Å²) in [7, 11) is 0. The molecule has 0 bridgehead atoms. The van der Waals surface area contributed by atoms with Crippen molar-refractivity contribution in [3.05, 3.63) is 34.7 Å². The lowest BCUT2D eigenvalue weighted by Gasteiger charge is -2.29. The Kier molecular flexibility index (Phi) is 6.34. The Morgan fingerprint density at radius 1 is 1.31 bits per heavy atom. The molecule has 1 N–H and O–H groups in total. The van der Waals surface area contributed by atoms with Gasteiger partial charge in [0.1, 0.15) is 17.4 Å². The topological polar surface area (TPSA) is 83.3 Å². The van der Waals surface area contributed by atoms with Crippen LogP contribution in [0.1, 0.15) is 6.42 Å². The number of nitriles is 1. The average molecular weight is 394 g/mol. The van der Waals surface area contributed by atoms with E-state index in [-0.39, 0.29) is 11.9 Å². The first-order chi connectivity index (χ1) is 12.7. The number of nitrogens with one attached hydrogen (secondary N) is 1. The van der Waals surface area contributed by atoms with E-state index in [4.69, 9.17) is 37.9 Å². The van der Waals surface area contributed by atoms with Crippen LogP contribution in [0, 0.1) is 11.3 Å². The highest BCUT2D eigenvalue weighted by Gasteiger charge is 2.15. The van der Waals surface area contributed by atoms with Gasteiger partial charge in [0, 0.05) is 24.8 Å². The van der Waals surface area contributed by atoms with Gasteiger partial charge in [-0.2, -0.15) is 10.2 Å². The molecule has 26 heavy (non-hydrogen) atoms. The number of rotatable bonds is 6. The summed E-state index contributed by atoms with van der Waals surface area (Å²) in [4.78, 5) is 10.2. The molecule has 0 amide bonds. The van der Waals surface area contributed by atoms with E-state index in [2.05, 4.69) is 26.3 Å². The molecule has 1 aromatic heterocycles. The van der Waals surface area contributed by atoms with Gasteiger partial charge < -0.3 is 19.7 Å². The number of halogens is 2. The van der Waals surface area contributed by atoms with E-state index in [0.717, 1.165) is 18.8 Å². The summed E-state index contributed by atoms with van der Waals surface area (Å²) in [5.41, 5.74) is 1.70. The summed E-state index contributed by atoms with van der Waals surface area (Å²) in [6, 6.07) is 7.88. The van der Waals surface area contributed by atoms with Gasteiger partial charge in [0.15, 0.2) is 5.82 Å². The van der Waals surface area contributed by atoms with E-state index < -0.39 is 0 Å². The van der Waals surface area contributed by atoms with E-state index in [1.54, 1.807) is 0 Å². The second-order valence-electron chi connectivity index (χ2n) is 5.50. The van der Waals surface area contributed by atoms with E-state index in [1.165, 1.54) is 6.20 Å². The minimum atomic E-state index is 0.0915. The molecule has 7 nitrogen and oxygen atoms in total. The second-order valence-corrected chi connectivity index (χ2v) is 6.24. The van der Waals surface area contributed by atoms with Crippen molar-refractivity contribution >= 4 is 40.4 Å². The fourth-order valence-corrected chi connectivity index (χ4v) is 2.79. The van der Waals surface area contributed by atoms with Crippen LogP contribution in [-0.2, 0) is 4.74 Å². The number of benzene rings is 1. The van der Waals surface area contributed by atoms with Gasteiger partial charge in [-0.05, 0) is 23.7 Å². The Labute approximate surface area is 161 Å². The van der Waals surface area contributed by atoms with Gasteiger partial charge in [-0.25, -0.2) is 4.98 Å². The van der Waals surface area contributed by atoms with Crippen LogP contribution in [0.15, 0.2) is 24.4 Å². The molecule has 2 aromatic rings. The Morgan fingerprint density at radius 3 is 2.88 bits per heavy atom. The average Bonchev–Trinajstić information content (AvgIpc) is 2.67. The maximum absolute atomic E-state index is 8.76. The third-order valence-electron chi connectivity index (χ3n) is 3.78. The van der Waals surface area contributed by atoms with E-state index in [1.807, 2.05) is 18.2 Å². The van der Waals surface area contributed by atoms with Crippen molar-refractivity contribution in [1.29, 1.82) is 5.26 Å². The third kappa shape index (κ3) is 4.67. The molecule has 0 saturated carbocycles. The number of ether oxygens (including phenoxy) is 2. The summed E-state index contributed by atoms with van der Waals surface area (Å²) < 4.78 is 11.2. The molecule has 136 valence electrons. The molecule has 0 radical (unpaired) electrons. The van der Waals surface area contributed by atoms with Crippen molar-refractivity contribution in [3.8, 4) is 11.8 Å². The van der Waals surface area contributed by atoms with E-state index in [9.17, 15) is 0 Å². The van der Waals surface area contributed by atoms with Crippen LogP contribution >= 0.6 is 23.2 Å². The zero-order chi connectivity index (χ0) is 18.4. The number of nitrogens with zero attached hydrogens (tertiary/aromatic N) is 4. The quantitative estimate of drug-likeness (QED) is 0.591. The molecule has 0 aliphatic carbocycles. The highest BCUT2D eigenvalue weighted by molar-refractivity contribution is 6.33. The van der Waals surface area contributed by atoms with Gasteiger partial charge in [-0.15, -0.1) is 0 Å². The first-order valence-electron chi connectivity index (χ1n) is 8.09. The Balaban J connectivity index is 1.87. The van der Waals surface area contributed by atoms with Gasteiger partial charge in [-0.1, -0.05) is 11.6 Å². The zero-order valence-electron chi connectivity index (χ0n) is 13.9. The number of anilines is 3. The zero-order valence-corrected chi connectivity index (χ0v) is 15.4. The third-order valence-corrected chi connectivity index (χ3v) is 4.24. The van der Waals surface area contributed by atoms with Crippen LogP contribution < -0.4 is 15.0 Å². The summed E-state index contributed by atoms with van der Waals surface area (Å²) in [6.07, 6.45) is 1.72. The molecular weight excluding hydrogens is 377 g/mol. The van der Waals surface area contributed by atoms with Gasteiger partial charge >= 0.3 is 0 Å². The molecule has 1 aromatic carbocycles. The van der Waals surface area contributed by atoms with Crippen LogP contribution in [0.4, 0.5) is 17.2 Å². The van der Waals surface area contributed by atoms with Crippen LogP contribution in [0.3, 0.4) is 0 Å². The van der Waals surface area contributed by atoms with Gasteiger partial charge in [-0.3, -0.25) is 0 Å². The van der Waals surface area contributed by atoms with Crippen LogP contribution in [0.5, 0.6) is 5.75 Å². The van der Waals surface area contributed by atoms with Crippen LogP contribution in [0.2, 0.25) is 10.3 Å². The first kappa shape index (κ1) is 18.5. The summed E-state index contributed by atoms with van der Waals surface area (Å²) in [6.45, 7) is 3.31. The van der Waals surface area contributed by atoms with Crippen molar-refractivity contribution in [2.45, 2.75) is 6.42 Å².